The molecule has 0 radical (unpaired) electrons. The van der Waals surface area contributed by atoms with Crippen molar-refractivity contribution in [1.29, 1.82) is 0 Å². The molecular weight excluding hydrogens is 248 g/mol. The Hall–Kier alpha value is -1.59. The topological polar surface area (TPSA) is 109 Å². The van der Waals surface area contributed by atoms with Gasteiger partial charge in [-0.15, -0.1) is 0 Å². The molecule has 6 nitrogen and oxygen atoms in total. The standard InChI is InChI=1S/C13H22N2O4/c1-7(2)10(11(14)16)15-12(17)8-5-3-4-6-9(8)13(18)19/h7-10H,3-6H2,1-2H3,(H2,14,16)(H,15,17)(H,18,19)/t8-,9+,10?/m1/s1. The van der Waals surface area contributed by atoms with Crippen molar-refractivity contribution >= 4 is 17.8 Å². The fourth-order valence-corrected chi connectivity index (χ4v) is 2.57. The van der Waals surface area contributed by atoms with Crippen molar-refractivity contribution in [3.8, 4) is 0 Å². The lowest BCUT2D eigenvalue weighted by atomic mass is 9.78. The molecule has 1 fully saturated rings. The van der Waals surface area contributed by atoms with Crippen LogP contribution in [0.4, 0.5) is 0 Å². The first-order chi connectivity index (χ1) is 8.84. The summed E-state index contributed by atoms with van der Waals surface area (Å²) < 4.78 is 0. The Morgan fingerprint density at radius 2 is 1.68 bits per heavy atom. The number of nitrogens with one attached hydrogen (secondary N) is 1. The van der Waals surface area contributed by atoms with Gasteiger partial charge >= 0.3 is 5.97 Å². The van der Waals surface area contributed by atoms with E-state index in [0.717, 1.165) is 12.8 Å². The average Bonchev–Trinajstić information content (AvgIpc) is 2.34. The first-order valence-electron chi connectivity index (χ1n) is 6.67. The average molecular weight is 270 g/mol. The Kier molecular flexibility index (Phi) is 5.32. The van der Waals surface area contributed by atoms with Crippen LogP contribution in [0.5, 0.6) is 0 Å². The van der Waals surface area contributed by atoms with E-state index in [1.807, 2.05) is 0 Å². The molecule has 6 heteroatoms. The highest BCUT2D eigenvalue weighted by molar-refractivity contribution is 5.90. The molecule has 0 aromatic rings. The molecule has 19 heavy (non-hydrogen) atoms. The van der Waals surface area contributed by atoms with Crippen LogP contribution in [-0.2, 0) is 14.4 Å². The number of nitrogens with two attached hydrogens (primary N) is 1. The van der Waals surface area contributed by atoms with Gasteiger partial charge in [0, 0.05) is 0 Å². The van der Waals surface area contributed by atoms with Gasteiger partial charge in [0.1, 0.15) is 6.04 Å². The highest BCUT2D eigenvalue weighted by atomic mass is 16.4. The molecule has 4 N–H and O–H groups in total. The van der Waals surface area contributed by atoms with Gasteiger partial charge in [-0.3, -0.25) is 14.4 Å². The highest BCUT2D eigenvalue weighted by Gasteiger charge is 2.37. The molecule has 1 aliphatic rings. The quantitative estimate of drug-likeness (QED) is 0.675. The molecule has 1 aliphatic carbocycles. The smallest absolute Gasteiger partial charge is 0.307 e. The van der Waals surface area contributed by atoms with Crippen LogP contribution in [0.2, 0.25) is 0 Å². The molecule has 0 saturated heterocycles. The van der Waals surface area contributed by atoms with Crippen molar-refractivity contribution in [1.82, 2.24) is 5.32 Å². The first kappa shape index (κ1) is 15.5. The van der Waals surface area contributed by atoms with E-state index in [1.54, 1.807) is 13.8 Å². The number of carbonyl (C=O) groups excluding carboxylic acids is 2. The molecular formula is C13H22N2O4. The van der Waals surface area contributed by atoms with E-state index in [4.69, 9.17) is 10.8 Å². The van der Waals surface area contributed by atoms with Gasteiger partial charge in [-0.1, -0.05) is 26.7 Å². The third-order valence-corrected chi connectivity index (χ3v) is 3.69. The number of carboxylic acids is 1. The Morgan fingerprint density at radius 1 is 1.16 bits per heavy atom. The minimum atomic E-state index is -0.944. The number of hydrogen-bond donors (Lipinski definition) is 3. The van der Waals surface area contributed by atoms with Gasteiger partial charge in [-0.25, -0.2) is 0 Å². The molecule has 1 saturated carbocycles. The maximum atomic E-state index is 12.2. The van der Waals surface area contributed by atoms with E-state index in [0.29, 0.717) is 12.8 Å². The van der Waals surface area contributed by atoms with E-state index < -0.39 is 29.8 Å². The van der Waals surface area contributed by atoms with Gasteiger partial charge < -0.3 is 16.2 Å². The van der Waals surface area contributed by atoms with Crippen LogP contribution in [0.1, 0.15) is 39.5 Å². The Morgan fingerprint density at radius 3 is 2.11 bits per heavy atom. The summed E-state index contributed by atoms with van der Waals surface area (Å²) in [4.78, 5) is 34.6. The summed E-state index contributed by atoms with van der Waals surface area (Å²) >= 11 is 0. The van der Waals surface area contributed by atoms with E-state index in [-0.39, 0.29) is 11.8 Å². The van der Waals surface area contributed by atoms with E-state index in [2.05, 4.69) is 5.32 Å². The third-order valence-electron chi connectivity index (χ3n) is 3.69. The summed E-state index contributed by atoms with van der Waals surface area (Å²) in [6.07, 6.45) is 2.72. The minimum Gasteiger partial charge on any atom is -0.481 e. The number of amides is 2. The Labute approximate surface area is 112 Å². The highest BCUT2D eigenvalue weighted by Crippen LogP contribution is 2.30. The predicted molar refractivity (Wildman–Crippen MR) is 69.0 cm³/mol. The molecule has 0 heterocycles. The minimum absolute atomic E-state index is 0.117. The van der Waals surface area contributed by atoms with Crippen LogP contribution >= 0.6 is 0 Å². The van der Waals surface area contributed by atoms with Crippen LogP contribution in [-0.4, -0.2) is 28.9 Å². The van der Waals surface area contributed by atoms with Crippen molar-refractivity contribution < 1.29 is 19.5 Å². The molecule has 108 valence electrons. The van der Waals surface area contributed by atoms with Crippen molar-refractivity contribution in [2.45, 2.75) is 45.6 Å². The van der Waals surface area contributed by atoms with Crippen LogP contribution in [0.3, 0.4) is 0 Å². The normalized spacial score (nSPS) is 24.8. The number of aliphatic carboxylic acids is 1. The van der Waals surface area contributed by atoms with Crippen LogP contribution in [0.15, 0.2) is 0 Å². The van der Waals surface area contributed by atoms with Gasteiger partial charge in [0.05, 0.1) is 11.8 Å². The molecule has 2 amide bonds. The van der Waals surface area contributed by atoms with Crippen molar-refractivity contribution in [3.63, 3.8) is 0 Å². The molecule has 1 rings (SSSR count). The zero-order valence-electron chi connectivity index (χ0n) is 11.4. The zero-order chi connectivity index (χ0) is 14.6. The largest absolute Gasteiger partial charge is 0.481 e. The van der Waals surface area contributed by atoms with E-state index >= 15 is 0 Å². The molecule has 0 aromatic carbocycles. The lowest BCUT2D eigenvalue weighted by Crippen LogP contribution is -2.51. The van der Waals surface area contributed by atoms with Gasteiger partial charge in [0.15, 0.2) is 0 Å². The fraction of sp³-hybridized carbons (Fsp3) is 0.769. The van der Waals surface area contributed by atoms with E-state index in [9.17, 15) is 14.4 Å². The lowest BCUT2D eigenvalue weighted by molar-refractivity contribution is -0.149. The zero-order valence-corrected chi connectivity index (χ0v) is 11.4. The van der Waals surface area contributed by atoms with Crippen LogP contribution < -0.4 is 11.1 Å². The summed E-state index contributed by atoms with van der Waals surface area (Å²) in [6.45, 7) is 3.57. The Balaban J connectivity index is 2.74. The third kappa shape index (κ3) is 3.94. The molecule has 1 unspecified atom stereocenters. The summed E-state index contributed by atoms with van der Waals surface area (Å²) in [5.74, 6) is -3.25. The summed E-state index contributed by atoms with van der Waals surface area (Å²) in [6, 6.07) is -0.746. The first-order valence-corrected chi connectivity index (χ1v) is 6.67. The van der Waals surface area contributed by atoms with Gasteiger partial charge in [-0.05, 0) is 18.8 Å². The van der Waals surface area contributed by atoms with Crippen LogP contribution in [0, 0.1) is 17.8 Å². The molecule has 3 atom stereocenters. The molecule has 0 spiro atoms. The summed E-state index contributed by atoms with van der Waals surface area (Å²) in [5, 5.41) is 11.7. The van der Waals surface area contributed by atoms with Crippen molar-refractivity contribution in [3.05, 3.63) is 0 Å². The second-order valence-electron chi connectivity index (χ2n) is 5.47. The van der Waals surface area contributed by atoms with Crippen molar-refractivity contribution in [2.75, 3.05) is 0 Å². The summed E-state index contributed by atoms with van der Waals surface area (Å²) in [5.41, 5.74) is 5.24. The van der Waals surface area contributed by atoms with Crippen molar-refractivity contribution in [2.24, 2.45) is 23.5 Å². The second-order valence-corrected chi connectivity index (χ2v) is 5.47. The number of primary amides is 1. The number of hydrogen-bond acceptors (Lipinski definition) is 3. The maximum Gasteiger partial charge on any atom is 0.307 e. The second kappa shape index (κ2) is 6.54. The Bertz CT molecular complexity index is 368. The SMILES string of the molecule is CC(C)C(NC(=O)[C@@H]1CCCC[C@@H]1C(=O)O)C(N)=O. The lowest BCUT2D eigenvalue weighted by Gasteiger charge is -2.29. The molecule has 0 aliphatic heterocycles. The van der Waals surface area contributed by atoms with E-state index in [1.165, 1.54) is 0 Å². The number of rotatable bonds is 5. The molecule has 0 aromatic heterocycles. The fourth-order valence-electron chi connectivity index (χ4n) is 2.57. The molecule has 0 bridgehead atoms. The summed E-state index contributed by atoms with van der Waals surface area (Å²) in [7, 11) is 0. The van der Waals surface area contributed by atoms with Crippen LogP contribution in [0.25, 0.3) is 0 Å². The van der Waals surface area contributed by atoms with Gasteiger partial charge in [0.2, 0.25) is 11.8 Å². The monoisotopic (exact) mass is 270 g/mol. The van der Waals surface area contributed by atoms with Gasteiger partial charge in [-0.2, -0.15) is 0 Å². The number of carboxylic acid groups (broad SMARTS) is 1. The maximum absolute atomic E-state index is 12.2. The number of carbonyl (C=O) groups is 3. The van der Waals surface area contributed by atoms with Gasteiger partial charge in [0.25, 0.3) is 0 Å². The predicted octanol–water partition coefficient (Wildman–Crippen LogP) is 0.504.